The van der Waals surface area contributed by atoms with Crippen molar-refractivity contribution in [1.82, 2.24) is 15.2 Å². The van der Waals surface area contributed by atoms with Crippen LogP contribution in [0.1, 0.15) is 12.5 Å². The number of benzene rings is 3. The second kappa shape index (κ2) is 8.55. The smallest absolute Gasteiger partial charge is 0.319 e. The summed E-state index contributed by atoms with van der Waals surface area (Å²) in [7, 11) is 0. The van der Waals surface area contributed by atoms with Crippen molar-refractivity contribution < 1.29 is 14.4 Å². The zero-order valence-corrected chi connectivity index (χ0v) is 19.6. The standard InChI is InChI=1S/C25H19ClN4O3S/c1-25(17-11-10-15-6-2-3-7-16(15)12-17)22(32)30(24(33)29-25)13-21(31)28-23-27-20(14-34-23)18-8-4-5-9-19(18)26/h2-12,14H,13H2,1H3,(H,29,33)(H,27,28,31). The summed E-state index contributed by atoms with van der Waals surface area (Å²) in [6.45, 7) is 1.22. The third-order valence-corrected chi connectivity index (χ3v) is 6.89. The monoisotopic (exact) mass is 490 g/mol. The Labute approximate surface area is 204 Å². The van der Waals surface area contributed by atoms with E-state index in [1.165, 1.54) is 11.3 Å². The zero-order valence-electron chi connectivity index (χ0n) is 18.0. The molecule has 2 N–H and O–H groups in total. The molecule has 0 aliphatic carbocycles. The number of hydrogen-bond acceptors (Lipinski definition) is 5. The number of nitrogens with zero attached hydrogens (tertiary/aromatic N) is 2. The van der Waals surface area contributed by atoms with Crippen LogP contribution in [0.25, 0.3) is 22.0 Å². The summed E-state index contributed by atoms with van der Waals surface area (Å²) in [5.41, 5.74) is 0.766. The first-order valence-electron chi connectivity index (χ1n) is 10.5. The molecule has 1 aromatic heterocycles. The minimum absolute atomic E-state index is 0.351. The topological polar surface area (TPSA) is 91.4 Å². The highest BCUT2D eigenvalue weighted by atomic mass is 35.5. The number of anilines is 1. The maximum Gasteiger partial charge on any atom is 0.325 e. The van der Waals surface area contributed by atoms with Crippen molar-refractivity contribution in [2.24, 2.45) is 0 Å². The van der Waals surface area contributed by atoms with Crippen LogP contribution in [-0.2, 0) is 15.1 Å². The lowest BCUT2D eigenvalue weighted by molar-refractivity contribution is -0.133. The normalized spacial score (nSPS) is 17.8. The van der Waals surface area contributed by atoms with Crippen molar-refractivity contribution in [3.63, 3.8) is 0 Å². The Morgan fingerprint density at radius 2 is 1.82 bits per heavy atom. The largest absolute Gasteiger partial charge is 0.325 e. The zero-order chi connectivity index (χ0) is 23.9. The fourth-order valence-corrected chi connectivity index (χ4v) is 4.92. The molecule has 34 heavy (non-hydrogen) atoms. The average molecular weight is 491 g/mol. The first kappa shape index (κ1) is 22.1. The van der Waals surface area contributed by atoms with E-state index in [1.54, 1.807) is 18.4 Å². The number of hydrogen-bond donors (Lipinski definition) is 2. The van der Waals surface area contributed by atoms with E-state index in [2.05, 4.69) is 15.6 Å². The number of imide groups is 1. The van der Waals surface area contributed by atoms with Crippen LogP contribution in [0.4, 0.5) is 9.93 Å². The van der Waals surface area contributed by atoms with E-state index in [4.69, 9.17) is 11.6 Å². The molecule has 5 rings (SSSR count). The van der Waals surface area contributed by atoms with Gasteiger partial charge < -0.3 is 10.6 Å². The van der Waals surface area contributed by atoms with Gasteiger partial charge in [-0.3, -0.25) is 14.5 Å². The number of nitrogens with one attached hydrogen (secondary N) is 2. The van der Waals surface area contributed by atoms with Crippen molar-refractivity contribution in [2.45, 2.75) is 12.5 Å². The fourth-order valence-electron chi connectivity index (χ4n) is 3.96. The minimum atomic E-state index is -1.26. The van der Waals surface area contributed by atoms with Crippen molar-refractivity contribution in [3.8, 4) is 11.3 Å². The van der Waals surface area contributed by atoms with Gasteiger partial charge in [0, 0.05) is 16.0 Å². The van der Waals surface area contributed by atoms with E-state index in [0.717, 1.165) is 21.2 Å². The molecule has 0 bridgehead atoms. The van der Waals surface area contributed by atoms with E-state index >= 15 is 0 Å². The molecule has 1 aliphatic rings. The van der Waals surface area contributed by atoms with Crippen LogP contribution in [0.2, 0.25) is 5.02 Å². The van der Waals surface area contributed by atoms with Gasteiger partial charge >= 0.3 is 6.03 Å². The van der Waals surface area contributed by atoms with Crippen molar-refractivity contribution in [2.75, 3.05) is 11.9 Å². The van der Waals surface area contributed by atoms with Gasteiger partial charge in [0.25, 0.3) is 5.91 Å². The summed E-state index contributed by atoms with van der Waals surface area (Å²) in [6, 6.07) is 20.0. The molecule has 0 radical (unpaired) electrons. The highest BCUT2D eigenvalue weighted by Crippen LogP contribution is 2.32. The average Bonchev–Trinajstić information content (AvgIpc) is 3.37. The summed E-state index contributed by atoms with van der Waals surface area (Å²) in [6.07, 6.45) is 0. The molecule has 1 fully saturated rings. The van der Waals surface area contributed by atoms with Gasteiger partial charge in [-0.15, -0.1) is 11.3 Å². The molecule has 1 aliphatic heterocycles. The molecule has 3 aromatic carbocycles. The molecule has 2 heterocycles. The maximum absolute atomic E-state index is 13.2. The van der Waals surface area contributed by atoms with Gasteiger partial charge in [0.05, 0.1) is 5.69 Å². The molecule has 7 nitrogen and oxygen atoms in total. The predicted molar refractivity (Wildman–Crippen MR) is 133 cm³/mol. The summed E-state index contributed by atoms with van der Waals surface area (Å²) >= 11 is 7.45. The van der Waals surface area contributed by atoms with Gasteiger partial charge in [-0.1, -0.05) is 66.2 Å². The van der Waals surface area contributed by atoms with E-state index in [0.29, 0.717) is 21.4 Å². The van der Waals surface area contributed by atoms with Gasteiger partial charge in [-0.05, 0) is 35.4 Å². The van der Waals surface area contributed by atoms with Gasteiger partial charge in [0.2, 0.25) is 5.91 Å². The SMILES string of the molecule is CC1(c2ccc3ccccc3c2)NC(=O)N(CC(=O)Nc2nc(-c3ccccc3Cl)cs2)C1=O. The molecular formula is C25H19ClN4O3S. The third-order valence-electron chi connectivity index (χ3n) is 5.80. The number of carbonyl (C=O) groups is 3. The van der Waals surface area contributed by atoms with Crippen LogP contribution in [0.15, 0.2) is 72.1 Å². The molecule has 170 valence electrons. The quantitative estimate of drug-likeness (QED) is 0.384. The summed E-state index contributed by atoms with van der Waals surface area (Å²) in [5.74, 6) is -1.01. The molecule has 4 aromatic rings. The number of fused-ring (bicyclic) bond motifs is 1. The van der Waals surface area contributed by atoms with Crippen LogP contribution >= 0.6 is 22.9 Å². The van der Waals surface area contributed by atoms with Crippen LogP contribution in [-0.4, -0.2) is 34.3 Å². The first-order chi connectivity index (χ1) is 16.3. The maximum atomic E-state index is 13.2. The van der Waals surface area contributed by atoms with Crippen LogP contribution in [0.3, 0.4) is 0 Å². The Hall–Kier alpha value is -3.75. The predicted octanol–water partition coefficient (Wildman–Crippen LogP) is 5.02. The van der Waals surface area contributed by atoms with E-state index in [-0.39, 0.29) is 0 Å². The minimum Gasteiger partial charge on any atom is -0.319 e. The van der Waals surface area contributed by atoms with Crippen molar-refractivity contribution >= 4 is 56.7 Å². The Kier molecular flexibility index (Phi) is 5.55. The Morgan fingerprint density at radius 3 is 2.62 bits per heavy atom. The second-order valence-corrected chi connectivity index (χ2v) is 9.34. The highest BCUT2D eigenvalue weighted by Gasteiger charge is 2.49. The summed E-state index contributed by atoms with van der Waals surface area (Å²) in [5, 5.41) is 10.1. The Balaban J connectivity index is 1.31. The molecule has 1 unspecified atom stereocenters. The van der Waals surface area contributed by atoms with E-state index in [9.17, 15) is 14.4 Å². The van der Waals surface area contributed by atoms with Gasteiger partial charge in [-0.2, -0.15) is 0 Å². The summed E-state index contributed by atoms with van der Waals surface area (Å²) in [4.78, 5) is 43.8. The van der Waals surface area contributed by atoms with Crippen LogP contribution in [0.5, 0.6) is 0 Å². The van der Waals surface area contributed by atoms with Gasteiger partial charge in [0.15, 0.2) is 5.13 Å². The number of thiazole rings is 1. The second-order valence-electron chi connectivity index (χ2n) is 8.07. The number of carbonyl (C=O) groups excluding carboxylic acids is 3. The lowest BCUT2D eigenvalue weighted by Crippen LogP contribution is -2.42. The lowest BCUT2D eigenvalue weighted by Gasteiger charge is -2.22. The van der Waals surface area contributed by atoms with Gasteiger partial charge in [-0.25, -0.2) is 9.78 Å². The lowest BCUT2D eigenvalue weighted by atomic mass is 9.90. The molecule has 9 heteroatoms. The molecular weight excluding hydrogens is 472 g/mol. The number of amides is 4. The highest BCUT2D eigenvalue weighted by molar-refractivity contribution is 7.14. The van der Waals surface area contributed by atoms with Crippen LogP contribution < -0.4 is 10.6 Å². The van der Waals surface area contributed by atoms with Crippen molar-refractivity contribution in [3.05, 3.63) is 82.7 Å². The molecule has 0 spiro atoms. The number of aromatic nitrogens is 1. The fraction of sp³-hybridized carbons (Fsp3) is 0.120. The van der Waals surface area contributed by atoms with E-state index in [1.807, 2.05) is 60.7 Å². The van der Waals surface area contributed by atoms with Crippen LogP contribution in [0, 0.1) is 0 Å². The molecule has 1 atom stereocenters. The van der Waals surface area contributed by atoms with Crippen molar-refractivity contribution in [1.29, 1.82) is 0 Å². The van der Waals surface area contributed by atoms with E-state index < -0.39 is 29.9 Å². The number of halogens is 1. The number of rotatable bonds is 5. The summed E-state index contributed by atoms with van der Waals surface area (Å²) < 4.78 is 0. The molecule has 4 amide bonds. The Bertz CT molecular complexity index is 1450. The molecule has 0 saturated carbocycles. The first-order valence-corrected chi connectivity index (χ1v) is 11.7. The van der Waals surface area contributed by atoms with Gasteiger partial charge in [0.1, 0.15) is 12.1 Å². The third kappa shape index (κ3) is 3.91. The number of urea groups is 1. The Morgan fingerprint density at radius 1 is 1.09 bits per heavy atom. The molecule has 1 saturated heterocycles.